The normalized spacial score (nSPS) is 15.6. The molecule has 0 fully saturated rings. The molecule has 0 atom stereocenters. The van der Waals surface area contributed by atoms with E-state index in [1.54, 1.807) is 6.21 Å². The van der Waals surface area contributed by atoms with Gasteiger partial charge in [0, 0.05) is 5.41 Å². The second kappa shape index (κ2) is 7.38. The molecule has 1 aliphatic rings. The molecule has 3 rings (SSSR count). The lowest BCUT2D eigenvalue weighted by atomic mass is 9.97. The molecule has 1 heterocycles. The van der Waals surface area contributed by atoms with Crippen LogP contribution in [0.5, 0.6) is 11.5 Å². The third-order valence-corrected chi connectivity index (χ3v) is 3.81. The van der Waals surface area contributed by atoms with E-state index in [-0.39, 0.29) is 11.3 Å². The molecule has 2 aromatic rings. The average molecular weight is 338 g/mol. The zero-order valence-electron chi connectivity index (χ0n) is 14.5. The maximum Gasteiger partial charge on any atom is 0.244 e. The van der Waals surface area contributed by atoms with Crippen LogP contribution in [-0.4, -0.2) is 25.3 Å². The summed E-state index contributed by atoms with van der Waals surface area (Å²) in [7, 11) is 0. The summed E-state index contributed by atoms with van der Waals surface area (Å²) in [5.41, 5.74) is 4.30. The van der Waals surface area contributed by atoms with Gasteiger partial charge in [-0.1, -0.05) is 44.2 Å². The van der Waals surface area contributed by atoms with Crippen molar-refractivity contribution in [2.45, 2.75) is 20.3 Å². The number of hydrazone groups is 1. The number of nitrogens with one attached hydrogen (secondary N) is 1. The van der Waals surface area contributed by atoms with Gasteiger partial charge in [-0.3, -0.25) is 4.79 Å². The van der Waals surface area contributed by atoms with Crippen LogP contribution >= 0.6 is 0 Å². The molecule has 2 aromatic carbocycles. The molecular formula is C20H22N2O3. The molecule has 1 aliphatic heterocycles. The predicted molar refractivity (Wildman–Crippen MR) is 97.1 cm³/mol. The number of hydrogen-bond acceptors (Lipinski definition) is 4. The van der Waals surface area contributed by atoms with Crippen LogP contribution in [0.2, 0.25) is 0 Å². The SMILES string of the molecule is CC1(C)COc2ccc(/C=N/NC(=O)Cc3ccccc3)cc2OC1. The van der Waals surface area contributed by atoms with E-state index in [4.69, 9.17) is 9.47 Å². The van der Waals surface area contributed by atoms with Crippen LogP contribution < -0.4 is 14.9 Å². The van der Waals surface area contributed by atoms with E-state index in [9.17, 15) is 4.79 Å². The van der Waals surface area contributed by atoms with Crippen LogP contribution in [0.3, 0.4) is 0 Å². The topological polar surface area (TPSA) is 59.9 Å². The number of rotatable bonds is 4. The molecule has 0 bridgehead atoms. The first kappa shape index (κ1) is 17.0. The fourth-order valence-electron chi connectivity index (χ4n) is 2.42. The molecule has 0 radical (unpaired) electrons. The molecule has 0 saturated carbocycles. The summed E-state index contributed by atoms with van der Waals surface area (Å²) < 4.78 is 11.6. The third-order valence-electron chi connectivity index (χ3n) is 3.81. The van der Waals surface area contributed by atoms with E-state index >= 15 is 0 Å². The van der Waals surface area contributed by atoms with Gasteiger partial charge in [-0.05, 0) is 29.3 Å². The van der Waals surface area contributed by atoms with E-state index in [1.807, 2.05) is 48.5 Å². The molecule has 0 spiro atoms. The molecule has 0 aromatic heterocycles. The minimum absolute atomic E-state index is 0.0291. The van der Waals surface area contributed by atoms with Gasteiger partial charge in [-0.2, -0.15) is 5.10 Å². The number of nitrogens with zero attached hydrogens (tertiary/aromatic N) is 1. The summed E-state index contributed by atoms with van der Waals surface area (Å²) in [6, 6.07) is 15.2. The minimum Gasteiger partial charge on any atom is -0.489 e. The van der Waals surface area contributed by atoms with Crippen LogP contribution in [0.15, 0.2) is 53.6 Å². The van der Waals surface area contributed by atoms with Crippen LogP contribution in [0, 0.1) is 5.41 Å². The van der Waals surface area contributed by atoms with Crippen molar-refractivity contribution >= 4 is 12.1 Å². The summed E-state index contributed by atoms with van der Waals surface area (Å²) in [5.74, 6) is 1.28. The first-order valence-electron chi connectivity index (χ1n) is 8.27. The van der Waals surface area contributed by atoms with E-state index in [0.29, 0.717) is 25.4 Å². The maximum absolute atomic E-state index is 11.9. The Hall–Kier alpha value is -2.82. The predicted octanol–water partition coefficient (Wildman–Crippen LogP) is 3.18. The zero-order valence-corrected chi connectivity index (χ0v) is 14.5. The highest BCUT2D eigenvalue weighted by molar-refractivity contribution is 5.84. The highest BCUT2D eigenvalue weighted by atomic mass is 16.5. The van der Waals surface area contributed by atoms with Crippen molar-refractivity contribution in [1.82, 2.24) is 5.43 Å². The van der Waals surface area contributed by atoms with Crippen molar-refractivity contribution in [2.75, 3.05) is 13.2 Å². The molecule has 0 aliphatic carbocycles. The first-order chi connectivity index (χ1) is 12.0. The Morgan fingerprint density at radius 3 is 2.60 bits per heavy atom. The van der Waals surface area contributed by atoms with E-state index in [1.165, 1.54) is 0 Å². The van der Waals surface area contributed by atoms with Crippen molar-refractivity contribution < 1.29 is 14.3 Å². The molecular weight excluding hydrogens is 316 g/mol. The molecule has 0 saturated heterocycles. The van der Waals surface area contributed by atoms with Gasteiger partial charge < -0.3 is 9.47 Å². The highest BCUT2D eigenvalue weighted by Crippen LogP contribution is 2.33. The van der Waals surface area contributed by atoms with Crippen LogP contribution in [0.4, 0.5) is 0 Å². The lowest BCUT2D eigenvalue weighted by molar-refractivity contribution is -0.120. The quantitative estimate of drug-likeness (QED) is 0.688. The average Bonchev–Trinajstić information content (AvgIpc) is 2.74. The number of carbonyl (C=O) groups excluding carboxylic acids is 1. The molecule has 1 N–H and O–H groups in total. The smallest absolute Gasteiger partial charge is 0.244 e. The second-order valence-corrected chi connectivity index (χ2v) is 6.90. The first-order valence-corrected chi connectivity index (χ1v) is 8.27. The van der Waals surface area contributed by atoms with Crippen molar-refractivity contribution in [2.24, 2.45) is 10.5 Å². The Labute approximate surface area is 147 Å². The van der Waals surface area contributed by atoms with Crippen LogP contribution in [0.25, 0.3) is 0 Å². The van der Waals surface area contributed by atoms with Gasteiger partial charge in [0.25, 0.3) is 0 Å². The highest BCUT2D eigenvalue weighted by Gasteiger charge is 2.25. The van der Waals surface area contributed by atoms with Crippen molar-refractivity contribution in [3.05, 3.63) is 59.7 Å². The van der Waals surface area contributed by atoms with Gasteiger partial charge >= 0.3 is 0 Å². The maximum atomic E-state index is 11.9. The monoisotopic (exact) mass is 338 g/mol. The van der Waals surface area contributed by atoms with Crippen molar-refractivity contribution in [3.8, 4) is 11.5 Å². The Balaban J connectivity index is 1.59. The minimum atomic E-state index is -0.154. The second-order valence-electron chi connectivity index (χ2n) is 6.90. The molecule has 1 amide bonds. The molecule has 5 nitrogen and oxygen atoms in total. The van der Waals surface area contributed by atoms with Crippen molar-refractivity contribution in [1.29, 1.82) is 0 Å². The summed E-state index contributed by atoms with van der Waals surface area (Å²) >= 11 is 0. The summed E-state index contributed by atoms with van der Waals surface area (Å²) in [6.45, 7) is 5.41. The standard InChI is InChI=1S/C20H22N2O3/c1-20(2)13-24-17-9-8-16(10-18(17)25-14-20)12-21-22-19(23)11-15-6-4-3-5-7-15/h3-10,12H,11,13-14H2,1-2H3,(H,22,23)/b21-12+. The van der Waals surface area contributed by atoms with Gasteiger partial charge in [0.15, 0.2) is 11.5 Å². The van der Waals surface area contributed by atoms with Gasteiger partial charge in [-0.25, -0.2) is 5.43 Å². The number of amides is 1. The fraction of sp³-hybridized carbons (Fsp3) is 0.300. The number of ether oxygens (including phenoxy) is 2. The number of benzene rings is 2. The Morgan fingerprint density at radius 2 is 1.84 bits per heavy atom. The Morgan fingerprint density at radius 1 is 1.12 bits per heavy atom. The van der Waals surface area contributed by atoms with Gasteiger partial charge in [0.2, 0.25) is 5.91 Å². The lowest BCUT2D eigenvalue weighted by Crippen LogP contribution is -2.26. The van der Waals surface area contributed by atoms with Gasteiger partial charge in [-0.15, -0.1) is 0 Å². The van der Waals surface area contributed by atoms with E-state index < -0.39 is 0 Å². The summed E-state index contributed by atoms with van der Waals surface area (Å²) in [5, 5.41) is 4.02. The van der Waals surface area contributed by atoms with Crippen LogP contribution in [-0.2, 0) is 11.2 Å². The largest absolute Gasteiger partial charge is 0.489 e. The van der Waals surface area contributed by atoms with E-state index in [2.05, 4.69) is 24.4 Å². The summed E-state index contributed by atoms with van der Waals surface area (Å²) in [4.78, 5) is 11.9. The van der Waals surface area contributed by atoms with Gasteiger partial charge in [0.05, 0.1) is 25.8 Å². The fourth-order valence-corrected chi connectivity index (χ4v) is 2.42. The Bertz CT molecular complexity index is 770. The number of fused-ring (bicyclic) bond motifs is 1. The third kappa shape index (κ3) is 4.83. The lowest BCUT2D eigenvalue weighted by Gasteiger charge is -2.19. The molecule has 0 unspecified atom stereocenters. The Kier molecular flexibility index (Phi) is 5.03. The summed E-state index contributed by atoms with van der Waals surface area (Å²) in [6.07, 6.45) is 1.90. The molecule has 5 heteroatoms. The van der Waals surface area contributed by atoms with Crippen LogP contribution in [0.1, 0.15) is 25.0 Å². The number of carbonyl (C=O) groups is 1. The van der Waals surface area contributed by atoms with Crippen molar-refractivity contribution in [3.63, 3.8) is 0 Å². The number of hydrogen-bond donors (Lipinski definition) is 1. The molecule has 130 valence electrons. The van der Waals surface area contributed by atoms with E-state index in [0.717, 1.165) is 16.9 Å². The zero-order chi connectivity index (χ0) is 17.7. The molecule has 25 heavy (non-hydrogen) atoms. The van der Waals surface area contributed by atoms with Gasteiger partial charge in [0.1, 0.15) is 0 Å².